The zero-order chi connectivity index (χ0) is 15.0. The molecular formula is C16H11Cl2NO2. The van der Waals surface area contributed by atoms with Crippen molar-refractivity contribution < 1.29 is 9.84 Å². The van der Waals surface area contributed by atoms with Crippen LogP contribution in [-0.2, 0) is 0 Å². The van der Waals surface area contributed by atoms with Gasteiger partial charge in [0.15, 0.2) is 0 Å². The quantitative estimate of drug-likeness (QED) is 0.728. The molecule has 0 fully saturated rings. The monoisotopic (exact) mass is 319 g/mol. The van der Waals surface area contributed by atoms with Gasteiger partial charge in [-0.1, -0.05) is 29.3 Å². The number of phenolic OH excluding ortho intramolecular Hbond substituents is 1. The minimum absolute atomic E-state index is 0.0342. The number of pyridine rings is 1. The van der Waals surface area contributed by atoms with E-state index in [1.807, 2.05) is 18.2 Å². The van der Waals surface area contributed by atoms with Gasteiger partial charge in [0.25, 0.3) is 0 Å². The van der Waals surface area contributed by atoms with Crippen molar-refractivity contribution in [1.29, 1.82) is 0 Å². The zero-order valence-electron chi connectivity index (χ0n) is 11.1. The van der Waals surface area contributed by atoms with Crippen LogP contribution in [0.5, 0.6) is 11.5 Å². The Morgan fingerprint density at radius 1 is 1.10 bits per heavy atom. The molecule has 3 nitrogen and oxygen atoms in total. The van der Waals surface area contributed by atoms with Crippen LogP contribution >= 0.6 is 23.2 Å². The van der Waals surface area contributed by atoms with Crippen molar-refractivity contribution in [2.45, 2.75) is 0 Å². The molecule has 3 aromatic rings. The molecule has 0 saturated carbocycles. The fraction of sp³-hybridized carbons (Fsp3) is 0.0625. The molecule has 5 heteroatoms. The second kappa shape index (κ2) is 5.43. The molecule has 0 atom stereocenters. The van der Waals surface area contributed by atoms with E-state index in [1.165, 1.54) is 6.07 Å². The molecule has 0 aliphatic heterocycles. The second-order valence-corrected chi connectivity index (χ2v) is 5.32. The van der Waals surface area contributed by atoms with Crippen molar-refractivity contribution in [3.63, 3.8) is 0 Å². The van der Waals surface area contributed by atoms with Gasteiger partial charge in [0.05, 0.1) is 22.7 Å². The number of hydrogen-bond acceptors (Lipinski definition) is 3. The van der Waals surface area contributed by atoms with Crippen molar-refractivity contribution >= 4 is 34.1 Å². The smallest absolute Gasteiger partial charge is 0.134 e. The molecule has 106 valence electrons. The van der Waals surface area contributed by atoms with E-state index < -0.39 is 0 Å². The van der Waals surface area contributed by atoms with Gasteiger partial charge in [-0.15, -0.1) is 0 Å². The number of phenols is 1. The number of benzene rings is 2. The SMILES string of the molecule is COc1ccc2ncc(-c3ccc(O)c(Cl)c3)c(Cl)c2c1. The maximum atomic E-state index is 9.50. The van der Waals surface area contributed by atoms with E-state index in [2.05, 4.69) is 4.98 Å². The van der Waals surface area contributed by atoms with Crippen LogP contribution in [0.25, 0.3) is 22.0 Å². The van der Waals surface area contributed by atoms with Crippen LogP contribution in [0.1, 0.15) is 0 Å². The fourth-order valence-electron chi connectivity index (χ4n) is 2.14. The largest absolute Gasteiger partial charge is 0.506 e. The van der Waals surface area contributed by atoms with Gasteiger partial charge in [-0.05, 0) is 35.9 Å². The van der Waals surface area contributed by atoms with E-state index in [4.69, 9.17) is 27.9 Å². The van der Waals surface area contributed by atoms with E-state index in [-0.39, 0.29) is 10.8 Å². The van der Waals surface area contributed by atoms with Crippen LogP contribution in [-0.4, -0.2) is 17.2 Å². The number of methoxy groups -OCH3 is 1. The molecule has 0 unspecified atom stereocenters. The van der Waals surface area contributed by atoms with Gasteiger partial charge in [-0.3, -0.25) is 4.98 Å². The van der Waals surface area contributed by atoms with Gasteiger partial charge in [0.1, 0.15) is 11.5 Å². The molecule has 1 N–H and O–H groups in total. The average Bonchev–Trinajstić information content (AvgIpc) is 2.50. The van der Waals surface area contributed by atoms with E-state index in [0.717, 1.165) is 22.0 Å². The molecule has 0 radical (unpaired) electrons. The summed E-state index contributed by atoms with van der Waals surface area (Å²) in [4.78, 5) is 4.40. The van der Waals surface area contributed by atoms with Crippen LogP contribution in [0.4, 0.5) is 0 Å². The van der Waals surface area contributed by atoms with Gasteiger partial charge in [0, 0.05) is 17.1 Å². The van der Waals surface area contributed by atoms with Crippen molar-refractivity contribution in [2.75, 3.05) is 7.11 Å². The van der Waals surface area contributed by atoms with Crippen molar-refractivity contribution in [2.24, 2.45) is 0 Å². The summed E-state index contributed by atoms with van der Waals surface area (Å²) in [5.74, 6) is 0.749. The highest BCUT2D eigenvalue weighted by molar-refractivity contribution is 6.38. The summed E-state index contributed by atoms with van der Waals surface area (Å²) in [6, 6.07) is 10.5. The van der Waals surface area contributed by atoms with Crippen LogP contribution in [0.3, 0.4) is 0 Å². The first kappa shape index (κ1) is 14.0. The number of nitrogens with zero attached hydrogens (tertiary/aromatic N) is 1. The minimum atomic E-state index is 0.0342. The molecule has 21 heavy (non-hydrogen) atoms. The van der Waals surface area contributed by atoms with Crippen LogP contribution in [0, 0.1) is 0 Å². The topological polar surface area (TPSA) is 42.4 Å². The zero-order valence-corrected chi connectivity index (χ0v) is 12.6. The minimum Gasteiger partial charge on any atom is -0.506 e. The lowest BCUT2D eigenvalue weighted by atomic mass is 10.0. The third-order valence-electron chi connectivity index (χ3n) is 3.27. The van der Waals surface area contributed by atoms with Gasteiger partial charge in [0.2, 0.25) is 0 Å². The molecule has 0 aliphatic rings. The lowest BCUT2D eigenvalue weighted by molar-refractivity contribution is 0.415. The van der Waals surface area contributed by atoms with E-state index in [9.17, 15) is 5.11 Å². The number of halogens is 2. The maximum Gasteiger partial charge on any atom is 0.134 e. The Balaban J connectivity index is 2.23. The fourth-order valence-corrected chi connectivity index (χ4v) is 2.63. The summed E-state index contributed by atoms with van der Waals surface area (Å²) in [5.41, 5.74) is 2.33. The highest BCUT2D eigenvalue weighted by atomic mass is 35.5. The molecule has 0 amide bonds. The van der Waals surface area contributed by atoms with Gasteiger partial charge >= 0.3 is 0 Å². The van der Waals surface area contributed by atoms with Crippen molar-refractivity contribution in [3.8, 4) is 22.6 Å². The Labute approximate surface area is 131 Å². The third kappa shape index (κ3) is 2.50. The van der Waals surface area contributed by atoms with Gasteiger partial charge in [-0.2, -0.15) is 0 Å². The summed E-state index contributed by atoms with van der Waals surface area (Å²) in [6.07, 6.45) is 1.69. The second-order valence-electron chi connectivity index (χ2n) is 4.54. The first-order chi connectivity index (χ1) is 10.1. The Kier molecular flexibility index (Phi) is 3.62. The predicted octanol–water partition coefficient (Wildman–Crippen LogP) is 4.92. The highest BCUT2D eigenvalue weighted by Crippen LogP contribution is 2.37. The summed E-state index contributed by atoms with van der Waals surface area (Å²) in [6.45, 7) is 0. The molecule has 0 aliphatic carbocycles. The lowest BCUT2D eigenvalue weighted by Gasteiger charge is -2.09. The standard InChI is InChI=1S/C16H11Cl2NO2/c1-21-10-3-4-14-11(7-10)16(18)12(8-19-14)9-2-5-15(20)13(17)6-9/h2-8,20H,1H3. The lowest BCUT2D eigenvalue weighted by Crippen LogP contribution is -1.88. The number of aromatic hydroxyl groups is 1. The molecule has 1 heterocycles. The summed E-state index contributed by atoms with van der Waals surface area (Å²) < 4.78 is 5.22. The molecule has 2 aromatic carbocycles. The Bertz CT molecular complexity index is 834. The summed E-state index contributed by atoms with van der Waals surface area (Å²) in [5, 5.41) is 11.1. The van der Waals surface area contributed by atoms with Crippen LogP contribution < -0.4 is 4.74 Å². The van der Waals surface area contributed by atoms with E-state index >= 15 is 0 Å². The molecular weight excluding hydrogens is 309 g/mol. The maximum absolute atomic E-state index is 9.50. The molecule has 3 rings (SSSR count). The van der Waals surface area contributed by atoms with E-state index in [1.54, 1.807) is 25.4 Å². The molecule has 0 bridgehead atoms. The van der Waals surface area contributed by atoms with E-state index in [0.29, 0.717) is 10.8 Å². The number of hydrogen-bond donors (Lipinski definition) is 1. The Hall–Kier alpha value is -1.97. The summed E-state index contributed by atoms with van der Waals surface area (Å²) >= 11 is 12.4. The molecule has 1 aromatic heterocycles. The predicted molar refractivity (Wildman–Crippen MR) is 85.4 cm³/mol. The first-order valence-electron chi connectivity index (χ1n) is 6.21. The number of ether oxygens (including phenoxy) is 1. The Morgan fingerprint density at radius 2 is 1.90 bits per heavy atom. The molecule has 0 spiro atoms. The Morgan fingerprint density at radius 3 is 2.62 bits per heavy atom. The van der Waals surface area contributed by atoms with Crippen LogP contribution in [0.2, 0.25) is 10.0 Å². The first-order valence-corrected chi connectivity index (χ1v) is 6.97. The number of aromatic nitrogens is 1. The highest BCUT2D eigenvalue weighted by Gasteiger charge is 2.11. The number of fused-ring (bicyclic) bond motifs is 1. The van der Waals surface area contributed by atoms with Gasteiger partial charge in [-0.25, -0.2) is 0 Å². The normalized spacial score (nSPS) is 10.8. The molecule has 0 saturated heterocycles. The summed E-state index contributed by atoms with van der Waals surface area (Å²) in [7, 11) is 1.60. The van der Waals surface area contributed by atoms with Crippen molar-refractivity contribution in [3.05, 3.63) is 52.6 Å². The number of rotatable bonds is 2. The van der Waals surface area contributed by atoms with Gasteiger partial charge < -0.3 is 9.84 Å². The van der Waals surface area contributed by atoms with Crippen molar-refractivity contribution in [1.82, 2.24) is 4.98 Å². The third-order valence-corrected chi connectivity index (χ3v) is 3.98. The average molecular weight is 320 g/mol. The van der Waals surface area contributed by atoms with Crippen LogP contribution in [0.15, 0.2) is 42.6 Å².